The summed E-state index contributed by atoms with van der Waals surface area (Å²) in [6, 6.07) is 7.74. The minimum absolute atomic E-state index is 0.101. The number of aliphatic hydroxyl groups excluding tert-OH is 1. The van der Waals surface area contributed by atoms with Crippen molar-refractivity contribution in [1.29, 1.82) is 0 Å². The molecule has 7 heteroatoms. The van der Waals surface area contributed by atoms with E-state index in [0.717, 1.165) is 17.3 Å². The zero-order chi connectivity index (χ0) is 14.4. The highest BCUT2D eigenvalue weighted by Crippen LogP contribution is 2.17. The molecule has 0 bridgehead atoms. The lowest BCUT2D eigenvalue weighted by Crippen LogP contribution is -2.33. The first-order valence-corrected chi connectivity index (χ1v) is 7.33. The molecule has 1 aromatic heterocycles. The summed E-state index contributed by atoms with van der Waals surface area (Å²) in [5, 5.41) is 13.8. The highest BCUT2D eigenvalue weighted by molar-refractivity contribution is 6.99. The molecule has 0 saturated heterocycles. The summed E-state index contributed by atoms with van der Waals surface area (Å²) in [4.78, 5) is 0. The lowest BCUT2D eigenvalue weighted by molar-refractivity contribution is 0.102. The number of benzene rings is 1. The van der Waals surface area contributed by atoms with Crippen LogP contribution in [0, 0.1) is 0 Å². The van der Waals surface area contributed by atoms with Crippen molar-refractivity contribution < 1.29 is 9.84 Å². The number of aliphatic hydroxyl groups is 1. The number of halogens is 1. The van der Waals surface area contributed by atoms with Crippen molar-refractivity contribution >= 4 is 23.3 Å². The molecule has 2 atom stereocenters. The SMILES string of the molecule is C[C@H](NCC(O)COc1cnsn1)c1cccc(Cl)c1. The van der Waals surface area contributed by atoms with Crippen molar-refractivity contribution in [3.8, 4) is 5.88 Å². The first-order chi connectivity index (χ1) is 9.65. The number of nitrogens with one attached hydrogen (secondary N) is 1. The average molecular weight is 314 g/mol. The Bertz CT molecular complexity index is 524. The monoisotopic (exact) mass is 313 g/mol. The largest absolute Gasteiger partial charge is 0.473 e. The molecular weight excluding hydrogens is 298 g/mol. The van der Waals surface area contributed by atoms with Crippen LogP contribution in [0.3, 0.4) is 0 Å². The van der Waals surface area contributed by atoms with Crippen LogP contribution in [0.4, 0.5) is 0 Å². The van der Waals surface area contributed by atoms with Crippen LogP contribution in [0.1, 0.15) is 18.5 Å². The molecule has 2 aromatic rings. The van der Waals surface area contributed by atoms with Gasteiger partial charge in [0.2, 0.25) is 5.88 Å². The first-order valence-electron chi connectivity index (χ1n) is 6.22. The van der Waals surface area contributed by atoms with Crippen LogP contribution in [-0.2, 0) is 0 Å². The lowest BCUT2D eigenvalue weighted by atomic mass is 10.1. The van der Waals surface area contributed by atoms with Crippen LogP contribution in [0.2, 0.25) is 5.02 Å². The van der Waals surface area contributed by atoms with Crippen LogP contribution >= 0.6 is 23.3 Å². The van der Waals surface area contributed by atoms with E-state index in [-0.39, 0.29) is 12.6 Å². The van der Waals surface area contributed by atoms with Crippen molar-refractivity contribution in [1.82, 2.24) is 14.1 Å². The molecule has 5 nitrogen and oxygen atoms in total. The summed E-state index contributed by atoms with van der Waals surface area (Å²) in [5.41, 5.74) is 1.08. The molecule has 0 saturated carbocycles. The van der Waals surface area contributed by atoms with Gasteiger partial charge in [0.1, 0.15) is 18.9 Å². The third-order valence-electron chi connectivity index (χ3n) is 2.77. The van der Waals surface area contributed by atoms with Crippen LogP contribution in [0.25, 0.3) is 0 Å². The third kappa shape index (κ3) is 4.72. The van der Waals surface area contributed by atoms with E-state index >= 15 is 0 Å². The summed E-state index contributed by atoms with van der Waals surface area (Å²) in [6.45, 7) is 2.62. The predicted molar refractivity (Wildman–Crippen MR) is 79.3 cm³/mol. The molecular formula is C13H16ClN3O2S. The fourth-order valence-corrected chi connectivity index (χ4v) is 2.23. The zero-order valence-electron chi connectivity index (χ0n) is 11.0. The van der Waals surface area contributed by atoms with Crippen LogP contribution in [0.15, 0.2) is 30.5 Å². The molecule has 1 aromatic carbocycles. The molecule has 0 aliphatic heterocycles. The Labute approximate surface area is 126 Å². The maximum absolute atomic E-state index is 9.84. The molecule has 0 aliphatic rings. The Morgan fingerprint density at radius 1 is 1.50 bits per heavy atom. The van der Waals surface area contributed by atoms with Crippen LogP contribution < -0.4 is 10.1 Å². The van der Waals surface area contributed by atoms with E-state index < -0.39 is 6.10 Å². The van der Waals surface area contributed by atoms with Gasteiger partial charge in [0.25, 0.3) is 0 Å². The fourth-order valence-electron chi connectivity index (χ4n) is 1.67. The van der Waals surface area contributed by atoms with Gasteiger partial charge in [-0.15, -0.1) is 4.37 Å². The second kappa shape index (κ2) is 7.54. The molecule has 0 amide bonds. The van der Waals surface area contributed by atoms with Gasteiger partial charge in [0.15, 0.2) is 0 Å². The predicted octanol–water partition coefficient (Wildman–Crippen LogP) is 2.28. The lowest BCUT2D eigenvalue weighted by Gasteiger charge is -2.17. The molecule has 108 valence electrons. The smallest absolute Gasteiger partial charge is 0.245 e. The summed E-state index contributed by atoms with van der Waals surface area (Å²) in [7, 11) is 0. The number of ether oxygens (including phenoxy) is 1. The molecule has 2 N–H and O–H groups in total. The molecule has 0 aliphatic carbocycles. The van der Waals surface area contributed by atoms with E-state index in [1.54, 1.807) is 0 Å². The molecule has 20 heavy (non-hydrogen) atoms. The number of rotatable bonds is 7. The third-order valence-corrected chi connectivity index (χ3v) is 3.47. The Kier molecular flexibility index (Phi) is 5.72. The molecule has 1 heterocycles. The van der Waals surface area contributed by atoms with Gasteiger partial charge in [-0.05, 0) is 24.6 Å². The summed E-state index contributed by atoms with van der Waals surface area (Å²) in [5.74, 6) is 0.442. The van der Waals surface area contributed by atoms with Gasteiger partial charge in [-0.2, -0.15) is 4.37 Å². The summed E-state index contributed by atoms with van der Waals surface area (Å²) < 4.78 is 13.0. The Balaban J connectivity index is 1.73. The van der Waals surface area contributed by atoms with E-state index in [0.29, 0.717) is 17.4 Å². The zero-order valence-corrected chi connectivity index (χ0v) is 12.6. The van der Waals surface area contributed by atoms with Gasteiger partial charge < -0.3 is 15.2 Å². The molecule has 0 radical (unpaired) electrons. The van der Waals surface area contributed by atoms with E-state index in [2.05, 4.69) is 14.1 Å². The van der Waals surface area contributed by atoms with Crippen molar-refractivity contribution in [2.75, 3.05) is 13.2 Å². The van der Waals surface area contributed by atoms with Crippen molar-refractivity contribution in [2.45, 2.75) is 19.1 Å². The highest BCUT2D eigenvalue weighted by atomic mass is 35.5. The minimum Gasteiger partial charge on any atom is -0.473 e. The van der Waals surface area contributed by atoms with Crippen molar-refractivity contribution in [3.05, 3.63) is 41.0 Å². The van der Waals surface area contributed by atoms with E-state index in [4.69, 9.17) is 16.3 Å². The van der Waals surface area contributed by atoms with Crippen molar-refractivity contribution in [3.63, 3.8) is 0 Å². The van der Waals surface area contributed by atoms with E-state index in [1.807, 2.05) is 31.2 Å². The minimum atomic E-state index is -0.613. The maximum atomic E-state index is 9.84. The second-order valence-electron chi connectivity index (χ2n) is 4.40. The maximum Gasteiger partial charge on any atom is 0.245 e. The average Bonchev–Trinajstić information content (AvgIpc) is 2.95. The van der Waals surface area contributed by atoms with Gasteiger partial charge in [-0.3, -0.25) is 0 Å². The van der Waals surface area contributed by atoms with Gasteiger partial charge >= 0.3 is 0 Å². The van der Waals surface area contributed by atoms with Gasteiger partial charge in [0.05, 0.1) is 11.7 Å². The Hall–Kier alpha value is -1.21. The van der Waals surface area contributed by atoms with Gasteiger partial charge in [0, 0.05) is 17.6 Å². The van der Waals surface area contributed by atoms with E-state index in [1.165, 1.54) is 6.20 Å². The quantitative estimate of drug-likeness (QED) is 0.821. The summed E-state index contributed by atoms with van der Waals surface area (Å²) in [6.07, 6.45) is 0.915. The van der Waals surface area contributed by atoms with Crippen LogP contribution in [0.5, 0.6) is 5.88 Å². The molecule has 1 unspecified atom stereocenters. The van der Waals surface area contributed by atoms with Crippen LogP contribution in [-0.4, -0.2) is 33.1 Å². The number of hydrogen-bond donors (Lipinski definition) is 2. The number of aromatic nitrogens is 2. The standard InChI is InChI=1S/C13H16ClN3O2S/c1-9(10-3-2-4-11(14)5-10)15-6-12(18)8-19-13-7-16-20-17-13/h2-5,7,9,12,15,18H,6,8H2,1H3/t9-,12?/m0/s1. The number of nitrogens with zero attached hydrogens (tertiary/aromatic N) is 2. The number of hydrogen-bond acceptors (Lipinski definition) is 6. The molecule has 0 fully saturated rings. The van der Waals surface area contributed by atoms with E-state index in [9.17, 15) is 5.11 Å². The molecule has 2 rings (SSSR count). The van der Waals surface area contributed by atoms with Gasteiger partial charge in [-0.1, -0.05) is 23.7 Å². The molecule has 0 spiro atoms. The first kappa shape index (κ1) is 15.2. The Morgan fingerprint density at radius 3 is 3.05 bits per heavy atom. The summed E-state index contributed by atoms with van der Waals surface area (Å²) >= 11 is 7.02. The van der Waals surface area contributed by atoms with Crippen molar-refractivity contribution in [2.24, 2.45) is 0 Å². The second-order valence-corrected chi connectivity index (χ2v) is 5.39. The topological polar surface area (TPSA) is 67.3 Å². The fraction of sp³-hybridized carbons (Fsp3) is 0.385. The van der Waals surface area contributed by atoms with Gasteiger partial charge in [-0.25, -0.2) is 0 Å². The normalized spacial score (nSPS) is 13.9. The highest BCUT2D eigenvalue weighted by Gasteiger charge is 2.10. The Morgan fingerprint density at radius 2 is 2.35 bits per heavy atom.